The Kier molecular flexibility index (Phi) is 4.85. The average Bonchev–Trinajstić information content (AvgIpc) is 2.93. The average molecular weight is 299 g/mol. The minimum absolute atomic E-state index is 0.0598. The van der Waals surface area contributed by atoms with Crippen molar-refractivity contribution < 1.29 is 17.9 Å². The van der Waals surface area contributed by atoms with Crippen LogP contribution < -0.4 is 10.1 Å². The van der Waals surface area contributed by atoms with Gasteiger partial charge in [-0.15, -0.1) is 0 Å². The summed E-state index contributed by atoms with van der Waals surface area (Å²) in [7, 11) is 1.77. The molecule has 0 radical (unpaired) electrons. The molecule has 1 heterocycles. The molecular formula is C14H16F3N3O. The molecule has 21 heavy (non-hydrogen) atoms. The van der Waals surface area contributed by atoms with Crippen LogP contribution in [0.5, 0.6) is 5.75 Å². The third kappa shape index (κ3) is 3.55. The molecule has 0 aliphatic rings. The van der Waals surface area contributed by atoms with Gasteiger partial charge in [-0.3, -0.25) is 4.57 Å². The predicted octanol–water partition coefficient (Wildman–Crippen LogP) is 3.28. The molecular weight excluding hydrogens is 283 g/mol. The second kappa shape index (κ2) is 6.62. The second-order valence-corrected chi connectivity index (χ2v) is 4.51. The van der Waals surface area contributed by atoms with E-state index in [9.17, 15) is 13.2 Å². The molecule has 0 saturated carbocycles. The van der Waals surface area contributed by atoms with Crippen LogP contribution in [0.4, 0.5) is 13.2 Å². The molecule has 114 valence electrons. The Bertz CT molecular complexity index is 601. The number of imidazole rings is 1. The lowest BCUT2D eigenvalue weighted by Crippen LogP contribution is -2.14. The molecule has 1 aromatic heterocycles. The van der Waals surface area contributed by atoms with Crippen LogP contribution in [0.2, 0.25) is 0 Å². The summed E-state index contributed by atoms with van der Waals surface area (Å²) in [6.45, 7) is -0.959. The topological polar surface area (TPSA) is 39.1 Å². The monoisotopic (exact) mass is 299 g/mol. The number of alkyl halides is 2. The fourth-order valence-electron chi connectivity index (χ4n) is 1.92. The molecule has 0 fully saturated rings. The third-order valence-corrected chi connectivity index (χ3v) is 3.19. The van der Waals surface area contributed by atoms with Gasteiger partial charge in [0, 0.05) is 30.1 Å². The van der Waals surface area contributed by atoms with E-state index in [2.05, 4.69) is 10.3 Å². The van der Waals surface area contributed by atoms with Gasteiger partial charge in [0.05, 0.1) is 0 Å². The number of rotatable bonds is 6. The molecule has 0 aliphatic carbocycles. The first-order chi connectivity index (χ1) is 10.0. The van der Waals surface area contributed by atoms with Gasteiger partial charge >= 0.3 is 6.55 Å². The number of hydrogen-bond acceptors (Lipinski definition) is 3. The zero-order valence-electron chi connectivity index (χ0n) is 11.7. The molecule has 1 atom stereocenters. The highest BCUT2D eigenvalue weighted by molar-refractivity contribution is 5.36. The first-order valence-electron chi connectivity index (χ1n) is 6.42. The van der Waals surface area contributed by atoms with E-state index >= 15 is 0 Å². The standard InChI is InChI=1S/C14H16F3N3O/c1-9(18-2)11-4-3-10(15)7-12(11)21-8-13-19-5-6-20(13)14(16)17/h3-7,9,14,18H,8H2,1-2H3. The van der Waals surface area contributed by atoms with E-state index in [4.69, 9.17) is 4.74 Å². The van der Waals surface area contributed by atoms with Crippen LogP contribution in [0.25, 0.3) is 0 Å². The number of benzene rings is 1. The Morgan fingerprint density at radius 2 is 2.14 bits per heavy atom. The van der Waals surface area contributed by atoms with Gasteiger partial charge in [0.1, 0.15) is 18.2 Å². The summed E-state index contributed by atoms with van der Waals surface area (Å²) in [6, 6.07) is 4.11. The molecule has 1 aromatic carbocycles. The Hall–Kier alpha value is -2.02. The maximum atomic E-state index is 13.3. The first kappa shape index (κ1) is 15.4. The summed E-state index contributed by atoms with van der Waals surface area (Å²) in [5.41, 5.74) is 0.744. The maximum Gasteiger partial charge on any atom is 0.320 e. The Morgan fingerprint density at radius 3 is 2.81 bits per heavy atom. The third-order valence-electron chi connectivity index (χ3n) is 3.19. The molecule has 0 aliphatic heterocycles. The van der Waals surface area contributed by atoms with E-state index in [1.807, 2.05) is 6.92 Å². The van der Waals surface area contributed by atoms with Crippen LogP contribution in [-0.2, 0) is 6.61 Å². The van der Waals surface area contributed by atoms with Crippen LogP contribution in [0.15, 0.2) is 30.6 Å². The first-order valence-corrected chi connectivity index (χ1v) is 6.42. The molecule has 1 unspecified atom stereocenters. The minimum Gasteiger partial charge on any atom is -0.485 e. The summed E-state index contributed by atoms with van der Waals surface area (Å²) >= 11 is 0. The molecule has 2 aromatic rings. The highest BCUT2D eigenvalue weighted by atomic mass is 19.3. The van der Waals surface area contributed by atoms with Crippen molar-refractivity contribution in [1.29, 1.82) is 0 Å². The van der Waals surface area contributed by atoms with Gasteiger partial charge < -0.3 is 10.1 Å². The number of nitrogens with one attached hydrogen (secondary N) is 1. The van der Waals surface area contributed by atoms with Crippen LogP contribution in [0.1, 0.15) is 30.9 Å². The second-order valence-electron chi connectivity index (χ2n) is 4.51. The Morgan fingerprint density at radius 1 is 1.38 bits per heavy atom. The number of aromatic nitrogens is 2. The normalized spacial score (nSPS) is 12.7. The van der Waals surface area contributed by atoms with Gasteiger partial charge in [-0.2, -0.15) is 8.78 Å². The Labute approximate surface area is 120 Å². The van der Waals surface area contributed by atoms with Gasteiger partial charge in [-0.05, 0) is 20.0 Å². The zero-order valence-corrected chi connectivity index (χ0v) is 11.7. The van der Waals surface area contributed by atoms with E-state index in [0.717, 1.165) is 5.56 Å². The van der Waals surface area contributed by atoms with Crippen molar-refractivity contribution in [2.24, 2.45) is 0 Å². The molecule has 1 N–H and O–H groups in total. The fourth-order valence-corrected chi connectivity index (χ4v) is 1.92. The summed E-state index contributed by atoms with van der Waals surface area (Å²) in [6.07, 6.45) is 2.44. The van der Waals surface area contributed by atoms with Gasteiger partial charge in [-0.1, -0.05) is 6.07 Å². The molecule has 4 nitrogen and oxygen atoms in total. The summed E-state index contributed by atoms with van der Waals surface area (Å²) < 4.78 is 45.0. The minimum atomic E-state index is -2.69. The Balaban J connectivity index is 2.19. The van der Waals surface area contributed by atoms with E-state index in [1.165, 1.54) is 24.5 Å². The lowest BCUT2D eigenvalue weighted by molar-refractivity contribution is 0.0631. The molecule has 0 saturated heterocycles. The SMILES string of the molecule is CNC(C)c1ccc(F)cc1OCc1nccn1C(F)F. The zero-order chi connectivity index (χ0) is 15.4. The smallest absolute Gasteiger partial charge is 0.320 e. The van der Waals surface area contributed by atoms with Gasteiger partial charge in [0.25, 0.3) is 0 Å². The van der Waals surface area contributed by atoms with E-state index in [0.29, 0.717) is 10.3 Å². The van der Waals surface area contributed by atoms with Crippen LogP contribution in [0, 0.1) is 5.82 Å². The van der Waals surface area contributed by atoms with Gasteiger partial charge in [0.15, 0.2) is 5.82 Å². The van der Waals surface area contributed by atoms with Crippen molar-refractivity contribution in [2.75, 3.05) is 7.05 Å². The lowest BCUT2D eigenvalue weighted by atomic mass is 10.1. The van der Waals surface area contributed by atoms with Crippen molar-refractivity contribution >= 4 is 0 Å². The van der Waals surface area contributed by atoms with Crippen LogP contribution in [0.3, 0.4) is 0 Å². The van der Waals surface area contributed by atoms with Gasteiger partial charge in [0.2, 0.25) is 0 Å². The summed E-state index contributed by atoms with van der Waals surface area (Å²) in [4.78, 5) is 3.82. The highest BCUT2D eigenvalue weighted by Gasteiger charge is 2.15. The molecule has 7 heteroatoms. The van der Waals surface area contributed by atoms with Crippen LogP contribution in [-0.4, -0.2) is 16.6 Å². The van der Waals surface area contributed by atoms with Crippen molar-refractivity contribution in [3.8, 4) is 5.75 Å². The van der Waals surface area contributed by atoms with Crippen molar-refractivity contribution in [2.45, 2.75) is 26.1 Å². The number of hydrogen-bond donors (Lipinski definition) is 1. The number of halogens is 3. The largest absolute Gasteiger partial charge is 0.485 e. The molecule has 0 spiro atoms. The van der Waals surface area contributed by atoms with Crippen molar-refractivity contribution in [3.05, 3.63) is 47.8 Å². The molecule has 0 bridgehead atoms. The van der Waals surface area contributed by atoms with Crippen LogP contribution >= 0.6 is 0 Å². The summed E-state index contributed by atoms with van der Waals surface area (Å²) in [5.74, 6) is -0.0627. The molecule has 0 amide bonds. The quantitative estimate of drug-likeness (QED) is 0.889. The van der Waals surface area contributed by atoms with Crippen molar-refractivity contribution in [1.82, 2.24) is 14.9 Å². The van der Waals surface area contributed by atoms with E-state index in [-0.39, 0.29) is 18.5 Å². The summed E-state index contributed by atoms with van der Waals surface area (Å²) in [5, 5.41) is 3.02. The van der Waals surface area contributed by atoms with Crippen molar-refractivity contribution in [3.63, 3.8) is 0 Å². The van der Waals surface area contributed by atoms with E-state index in [1.54, 1.807) is 13.1 Å². The fraction of sp³-hybridized carbons (Fsp3) is 0.357. The predicted molar refractivity (Wildman–Crippen MR) is 71.7 cm³/mol. The number of nitrogens with zero attached hydrogens (tertiary/aromatic N) is 2. The number of ether oxygens (including phenoxy) is 1. The molecule has 2 rings (SSSR count). The van der Waals surface area contributed by atoms with E-state index < -0.39 is 12.4 Å². The van der Waals surface area contributed by atoms with Gasteiger partial charge in [-0.25, -0.2) is 9.37 Å². The maximum absolute atomic E-state index is 13.3. The highest BCUT2D eigenvalue weighted by Crippen LogP contribution is 2.27. The lowest BCUT2D eigenvalue weighted by Gasteiger charge is -2.16.